The lowest BCUT2D eigenvalue weighted by molar-refractivity contribution is 0.0792. The number of hydrogen-bond acceptors (Lipinski definition) is 4. The Labute approximate surface area is 148 Å². The Kier molecular flexibility index (Phi) is 5.43. The zero-order chi connectivity index (χ0) is 17.6. The third kappa shape index (κ3) is 3.87. The molecule has 5 heteroatoms. The van der Waals surface area contributed by atoms with E-state index in [0.29, 0.717) is 29.4 Å². The summed E-state index contributed by atoms with van der Waals surface area (Å²) in [5, 5.41) is 0. The van der Waals surface area contributed by atoms with Crippen LogP contribution in [0, 0.1) is 0 Å². The van der Waals surface area contributed by atoms with Crippen LogP contribution in [0.5, 0.6) is 17.2 Å². The maximum atomic E-state index is 12.6. The number of carbonyl (C=O) groups is 1. The van der Waals surface area contributed by atoms with E-state index in [4.69, 9.17) is 14.2 Å². The fourth-order valence-corrected chi connectivity index (χ4v) is 2.98. The van der Waals surface area contributed by atoms with Crippen LogP contribution >= 0.6 is 0 Å². The van der Waals surface area contributed by atoms with Gasteiger partial charge in [0.15, 0.2) is 11.5 Å². The first kappa shape index (κ1) is 17.1. The van der Waals surface area contributed by atoms with Crippen molar-refractivity contribution in [3.05, 3.63) is 53.6 Å². The molecule has 2 aromatic carbocycles. The van der Waals surface area contributed by atoms with Crippen molar-refractivity contribution in [2.45, 2.75) is 19.4 Å². The van der Waals surface area contributed by atoms with Crippen molar-refractivity contribution in [3.8, 4) is 17.2 Å². The maximum Gasteiger partial charge on any atom is 0.254 e. The van der Waals surface area contributed by atoms with Crippen LogP contribution in [0.25, 0.3) is 0 Å². The molecule has 132 valence electrons. The molecule has 0 unspecified atom stereocenters. The van der Waals surface area contributed by atoms with Crippen molar-refractivity contribution < 1.29 is 19.0 Å². The van der Waals surface area contributed by atoms with Gasteiger partial charge in [0.2, 0.25) is 5.75 Å². The lowest BCUT2D eigenvalue weighted by Gasteiger charge is -2.19. The number of hydrogen-bond donors (Lipinski definition) is 0. The molecule has 1 amide bonds. The van der Waals surface area contributed by atoms with Gasteiger partial charge in [-0.15, -0.1) is 0 Å². The summed E-state index contributed by atoms with van der Waals surface area (Å²) in [6.07, 6.45) is 2.11. The molecule has 25 heavy (non-hydrogen) atoms. The summed E-state index contributed by atoms with van der Waals surface area (Å²) in [4.78, 5) is 14.5. The third-order valence-electron chi connectivity index (χ3n) is 4.33. The molecule has 0 aliphatic carbocycles. The quantitative estimate of drug-likeness (QED) is 0.807. The monoisotopic (exact) mass is 341 g/mol. The van der Waals surface area contributed by atoms with Crippen LogP contribution in [0.3, 0.4) is 0 Å². The lowest BCUT2D eigenvalue weighted by Crippen LogP contribution is -2.27. The largest absolute Gasteiger partial charge is 0.493 e. The number of amides is 1. The predicted molar refractivity (Wildman–Crippen MR) is 95.5 cm³/mol. The zero-order valence-electron chi connectivity index (χ0n) is 14.7. The van der Waals surface area contributed by atoms with Crippen molar-refractivity contribution in [2.75, 3.05) is 27.3 Å². The highest BCUT2D eigenvalue weighted by atomic mass is 16.5. The van der Waals surface area contributed by atoms with E-state index in [-0.39, 0.29) is 5.91 Å². The summed E-state index contributed by atoms with van der Waals surface area (Å²) < 4.78 is 16.8. The van der Waals surface area contributed by atoms with Crippen LogP contribution in [0.2, 0.25) is 0 Å². The van der Waals surface area contributed by atoms with Gasteiger partial charge in [-0.1, -0.05) is 30.3 Å². The highest BCUT2D eigenvalue weighted by molar-refractivity contribution is 5.95. The summed E-state index contributed by atoms with van der Waals surface area (Å²) in [7, 11) is 3.13. The Morgan fingerprint density at radius 3 is 2.16 bits per heavy atom. The SMILES string of the molecule is COc1cc(C(=O)N2CCCC2)cc(OC)c1OCc1ccccc1. The van der Waals surface area contributed by atoms with Crippen LogP contribution in [0.15, 0.2) is 42.5 Å². The third-order valence-corrected chi connectivity index (χ3v) is 4.33. The summed E-state index contributed by atoms with van der Waals surface area (Å²) in [6, 6.07) is 13.3. The summed E-state index contributed by atoms with van der Waals surface area (Å²) in [5.74, 6) is 1.51. The van der Waals surface area contributed by atoms with Gasteiger partial charge in [-0.05, 0) is 30.5 Å². The average Bonchev–Trinajstić information content (AvgIpc) is 3.20. The number of rotatable bonds is 6. The maximum absolute atomic E-state index is 12.6. The predicted octanol–water partition coefficient (Wildman–Crippen LogP) is 3.52. The van der Waals surface area contributed by atoms with Crippen LogP contribution in [0.1, 0.15) is 28.8 Å². The van der Waals surface area contributed by atoms with Crippen LogP contribution < -0.4 is 14.2 Å². The first-order chi connectivity index (χ1) is 12.2. The van der Waals surface area contributed by atoms with Gasteiger partial charge < -0.3 is 19.1 Å². The van der Waals surface area contributed by atoms with Crippen LogP contribution in [0.4, 0.5) is 0 Å². The Balaban J connectivity index is 1.85. The van der Waals surface area contributed by atoms with Gasteiger partial charge in [0.25, 0.3) is 5.91 Å². The average molecular weight is 341 g/mol. The molecule has 0 N–H and O–H groups in total. The number of methoxy groups -OCH3 is 2. The van der Waals surface area contributed by atoms with Crippen LogP contribution in [-0.4, -0.2) is 38.1 Å². The lowest BCUT2D eigenvalue weighted by atomic mass is 10.1. The van der Waals surface area contributed by atoms with Gasteiger partial charge in [0.05, 0.1) is 14.2 Å². The van der Waals surface area contributed by atoms with E-state index in [1.54, 1.807) is 26.4 Å². The molecule has 5 nitrogen and oxygen atoms in total. The van der Waals surface area contributed by atoms with Crippen molar-refractivity contribution in [1.29, 1.82) is 0 Å². The van der Waals surface area contributed by atoms with E-state index in [0.717, 1.165) is 31.5 Å². The van der Waals surface area contributed by atoms with Gasteiger partial charge in [-0.2, -0.15) is 0 Å². The van der Waals surface area contributed by atoms with Gasteiger partial charge in [-0.3, -0.25) is 4.79 Å². The van der Waals surface area contributed by atoms with E-state index in [1.807, 2.05) is 35.2 Å². The fourth-order valence-electron chi connectivity index (χ4n) is 2.98. The standard InChI is InChI=1S/C20H23NO4/c1-23-17-12-16(20(22)21-10-6-7-11-21)13-18(24-2)19(17)25-14-15-8-4-3-5-9-15/h3-5,8-9,12-13H,6-7,10-11,14H2,1-2H3. The zero-order valence-corrected chi connectivity index (χ0v) is 14.7. The van der Waals surface area contributed by atoms with E-state index < -0.39 is 0 Å². The molecule has 1 heterocycles. The Morgan fingerprint density at radius 1 is 1.00 bits per heavy atom. The van der Waals surface area contributed by atoms with Gasteiger partial charge >= 0.3 is 0 Å². The minimum Gasteiger partial charge on any atom is -0.493 e. The molecule has 0 bridgehead atoms. The fraction of sp³-hybridized carbons (Fsp3) is 0.350. The Bertz CT molecular complexity index is 699. The summed E-state index contributed by atoms with van der Waals surface area (Å²) >= 11 is 0. The molecular weight excluding hydrogens is 318 g/mol. The normalized spacial score (nSPS) is 13.6. The highest BCUT2D eigenvalue weighted by Gasteiger charge is 2.23. The number of benzene rings is 2. The molecule has 1 aliphatic heterocycles. The van der Waals surface area contributed by atoms with E-state index in [1.165, 1.54) is 0 Å². The second kappa shape index (κ2) is 7.92. The minimum atomic E-state index is 0.00343. The Morgan fingerprint density at radius 2 is 1.60 bits per heavy atom. The molecule has 1 fully saturated rings. The highest BCUT2D eigenvalue weighted by Crippen LogP contribution is 2.39. The molecule has 1 saturated heterocycles. The van der Waals surface area contributed by atoms with E-state index in [2.05, 4.69) is 0 Å². The molecular formula is C20H23NO4. The van der Waals surface area contributed by atoms with Crippen molar-refractivity contribution in [2.24, 2.45) is 0 Å². The first-order valence-corrected chi connectivity index (χ1v) is 8.45. The van der Waals surface area contributed by atoms with Crippen molar-refractivity contribution in [3.63, 3.8) is 0 Å². The van der Waals surface area contributed by atoms with Crippen molar-refractivity contribution >= 4 is 5.91 Å². The first-order valence-electron chi connectivity index (χ1n) is 8.45. The molecule has 1 aliphatic rings. The number of likely N-dealkylation sites (tertiary alicyclic amines) is 1. The van der Waals surface area contributed by atoms with Gasteiger partial charge in [0, 0.05) is 18.7 Å². The van der Waals surface area contributed by atoms with Crippen molar-refractivity contribution in [1.82, 2.24) is 4.90 Å². The summed E-state index contributed by atoms with van der Waals surface area (Å²) in [6.45, 7) is 2.00. The molecule has 0 spiro atoms. The second-order valence-electron chi connectivity index (χ2n) is 5.98. The Hall–Kier alpha value is -2.69. The summed E-state index contributed by atoms with van der Waals surface area (Å²) in [5.41, 5.74) is 1.60. The van der Waals surface area contributed by atoms with E-state index >= 15 is 0 Å². The number of nitrogens with zero attached hydrogens (tertiary/aromatic N) is 1. The van der Waals surface area contributed by atoms with E-state index in [9.17, 15) is 4.79 Å². The molecule has 0 aromatic heterocycles. The number of carbonyl (C=O) groups excluding carboxylic acids is 1. The second-order valence-corrected chi connectivity index (χ2v) is 5.98. The molecule has 0 radical (unpaired) electrons. The molecule has 3 rings (SSSR count). The molecule has 0 atom stereocenters. The van der Waals surface area contributed by atoms with Gasteiger partial charge in [-0.25, -0.2) is 0 Å². The minimum absolute atomic E-state index is 0.00343. The topological polar surface area (TPSA) is 48.0 Å². The smallest absolute Gasteiger partial charge is 0.254 e. The van der Waals surface area contributed by atoms with Gasteiger partial charge in [0.1, 0.15) is 6.61 Å². The number of ether oxygens (including phenoxy) is 3. The molecule has 2 aromatic rings. The molecule has 0 saturated carbocycles. The van der Waals surface area contributed by atoms with Crippen LogP contribution in [-0.2, 0) is 6.61 Å².